The van der Waals surface area contributed by atoms with Crippen molar-refractivity contribution in [1.82, 2.24) is 0 Å². The van der Waals surface area contributed by atoms with E-state index in [2.05, 4.69) is 4.84 Å². The zero-order chi connectivity index (χ0) is 7.56. The van der Waals surface area contributed by atoms with E-state index in [9.17, 15) is 0 Å². The van der Waals surface area contributed by atoms with E-state index in [0.29, 0.717) is 17.1 Å². The summed E-state index contributed by atoms with van der Waals surface area (Å²) in [6.07, 6.45) is 0. The van der Waals surface area contributed by atoms with Crippen LogP contribution in [0.2, 0.25) is 0 Å². The van der Waals surface area contributed by atoms with Gasteiger partial charge in [0.2, 0.25) is 0 Å². The number of nitrogens with two attached hydrogens (primary N) is 3. The maximum Gasteiger partial charge on any atom is 0.171 e. The molecule has 0 amide bonds. The van der Waals surface area contributed by atoms with Crippen LogP contribution >= 0.6 is 0 Å². The Morgan fingerprint density at radius 1 is 1.20 bits per heavy atom. The van der Waals surface area contributed by atoms with Gasteiger partial charge in [0.05, 0.1) is 5.69 Å². The van der Waals surface area contributed by atoms with Crippen molar-refractivity contribution in [3.05, 3.63) is 18.2 Å². The molecule has 0 bridgehead atoms. The average molecular weight is 139 g/mol. The summed E-state index contributed by atoms with van der Waals surface area (Å²) in [6.45, 7) is 0. The summed E-state index contributed by atoms with van der Waals surface area (Å²) in [5, 5.41) is 0. The predicted octanol–water partition coefficient (Wildman–Crippen LogP) is 0.104. The van der Waals surface area contributed by atoms with Gasteiger partial charge in [-0.15, -0.1) is 0 Å². The minimum Gasteiger partial charge on any atom is -0.409 e. The predicted molar refractivity (Wildman–Crippen MR) is 40.1 cm³/mol. The van der Waals surface area contributed by atoms with E-state index in [4.69, 9.17) is 17.4 Å². The third-order valence-electron chi connectivity index (χ3n) is 1.23. The van der Waals surface area contributed by atoms with E-state index >= 15 is 0 Å². The third kappa shape index (κ3) is 0.964. The molecule has 0 aromatic heterocycles. The van der Waals surface area contributed by atoms with Gasteiger partial charge in [-0.2, -0.15) is 5.90 Å². The van der Waals surface area contributed by atoms with Crippen molar-refractivity contribution in [3.63, 3.8) is 0 Å². The lowest BCUT2D eigenvalue weighted by Crippen LogP contribution is -2.05. The van der Waals surface area contributed by atoms with E-state index in [0.717, 1.165) is 0 Å². The fourth-order valence-corrected chi connectivity index (χ4v) is 0.664. The Morgan fingerprint density at radius 2 is 1.90 bits per heavy atom. The van der Waals surface area contributed by atoms with Crippen LogP contribution in [0.3, 0.4) is 0 Å². The Kier molecular flexibility index (Phi) is 1.64. The summed E-state index contributed by atoms with van der Waals surface area (Å²) >= 11 is 0. The number of para-hydroxylation sites is 1. The quantitative estimate of drug-likeness (QED) is 0.380. The average Bonchev–Trinajstić information content (AvgIpc) is 1.95. The molecule has 0 aliphatic rings. The number of nitrogen functional groups attached to an aromatic ring is 2. The third-order valence-corrected chi connectivity index (χ3v) is 1.23. The Morgan fingerprint density at radius 3 is 2.40 bits per heavy atom. The molecule has 0 fully saturated rings. The first-order chi connectivity index (χ1) is 4.75. The highest BCUT2D eigenvalue weighted by atomic mass is 16.6. The van der Waals surface area contributed by atoms with Gasteiger partial charge in [0.15, 0.2) is 5.75 Å². The number of hydrogen-bond acceptors (Lipinski definition) is 4. The molecular formula is C6H9N3O. The van der Waals surface area contributed by atoms with Crippen LogP contribution in [0.1, 0.15) is 0 Å². The molecule has 1 rings (SSSR count). The molecule has 54 valence electrons. The van der Waals surface area contributed by atoms with E-state index in [1.165, 1.54) is 0 Å². The molecule has 0 saturated heterocycles. The normalized spacial score (nSPS) is 9.30. The standard InChI is InChI=1S/C6H9N3O/c7-4-2-1-3-5(10-9)6(4)8/h1-3H,7-9H2. The summed E-state index contributed by atoms with van der Waals surface area (Å²) < 4.78 is 0. The molecule has 0 atom stereocenters. The SMILES string of the molecule is NOc1cccc(N)c1N. The van der Waals surface area contributed by atoms with Crippen molar-refractivity contribution in [2.45, 2.75) is 0 Å². The molecule has 1 aromatic carbocycles. The number of anilines is 2. The number of hydrogen-bond donors (Lipinski definition) is 3. The summed E-state index contributed by atoms with van der Waals surface area (Å²) in [5.74, 6) is 5.29. The first-order valence-corrected chi connectivity index (χ1v) is 2.76. The summed E-state index contributed by atoms with van der Waals surface area (Å²) in [4.78, 5) is 4.42. The van der Waals surface area contributed by atoms with Crippen molar-refractivity contribution in [2.24, 2.45) is 5.90 Å². The Hall–Kier alpha value is -1.42. The van der Waals surface area contributed by atoms with Crippen molar-refractivity contribution < 1.29 is 4.84 Å². The van der Waals surface area contributed by atoms with Gasteiger partial charge in [-0.3, -0.25) is 0 Å². The van der Waals surface area contributed by atoms with Gasteiger partial charge in [-0.25, -0.2) is 0 Å². The molecule has 0 aliphatic carbocycles. The maximum atomic E-state index is 5.46. The molecule has 4 heteroatoms. The molecule has 0 aliphatic heterocycles. The van der Waals surface area contributed by atoms with E-state index < -0.39 is 0 Å². The fourth-order valence-electron chi connectivity index (χ4n) is 0.664. The van der Waals surface area contributed by atoms with Gasteiger partial charge in [0, 0.05) is 0 Å². The zero-order valence-electron chi connectivity index (χ0n) is 5.37. The highest BCUT2D eigenvalue weighted by molar-refractivity contribution is 5.70. The first kappa shape index (κ1) is 6.70. The maximum absolute atomic E-state index is 5.46. The van der Waals surface area contributed by atoms with Gasteiger partial charge in [0.25, 0.3) is 0 Å². The Balaban J connectivity index is 3.14. The Labute approximate surface area is 58.5 Å². The summed E-state index contributed by atoms with van der Waals surface area (Å²) in [6, 6.07) is 5.04. The number of benzene rings is 1. The molecule has 1 aromatic rings. The molecule has 6 N–H and O–H groups in total. The lowest BCUT2D eigenvalue weighted by atomic mass is 10.2. The Bertz CT molecular complexity index is 236. The van der Waals surface area contributed by atoms with Gasteiger partial charge in [0.1, 0.15) is 5.69 Å². The van der Waals surface area contributed by atoms with Gasteiger partial charge in [-0.05, 0) is 12.1 Å². The van der Waals surface area contributed by atoms with Crippen molar-refractivity contribution in [3.8, 4) is 5.75 Å². The molecular weight excluding hydrogens is 130 g/mol. The van der Waals surface area contributed by atoms with E-state index in [-0.39, 0.29) is 0 Å². The zero-order valence-corrected chi connectivity index (χ0v) is 5.37. The second-order valence-electron chi connectivity index (χ2n) is 1.88. The van der Waals surface area contributed by atoms with Crippen LogP contribution < -0.4 is 22.2 Å². The van der Waals surface area contributed by atoms with Gasteiger partial charge in [-0.1, -0.05) is 6.07 Å². The van der Waals surface area contributed by atoms with Crippen LogP contribution in [0.5, 0.6) is 5.75 Å². The highest BCUT2D eigenvalue weighted by Crippen LogP contribution is 2.25. The molecule has 4 nitrogen and oxygen atoms in total. The van der Waals surface area contributed by atoms with E-state index in [1.807, 2.05) is 0 Å². The minimum atomic E-state index is 0.380. The highest BCUT2D eigenvalue weighted by Gasteiger charge is 1.99. The summed E-state index contributed by atoms with van der Waals surface area (Å²) in [5.41, 5.74) is 11.8. The lowest BCUT2D eigenvalue weighted by Gasteiger charge is -2.03. The molecule has 0 unspecified atom stereocenters. The van der Waals surface area contributed by atoms with Crippen molar-refractivity contribution in [2.75, 3.05) is 11.5 Å². The fraction of sp³-hybridized carbons (Fsp3) is 0. The molecule has 0 saturated carbocycles. The number of rotatable bonds is 1. The van der Waals surface area contributed by atoms with Crippen LogP contribution in [0, 0.1) is 0 Å². The van der Waals surface area contributed by atoms with Crippen LogP contribution in [-0.4, -0.2) is 0 Å². The second kappa shape index (κ2) is 2.45. The van der Waals surface area contributed by atoms with E-state index in [1.54, 1.807) is 18.2 Å². The minimum absolute atomic E-state index is 0.380. The molecule has 0 spiro atoms. The van der Waals surface area contributed by atoms with Crippen molar-refractivity contribution in [1.29, 1.82) is 0 Å². The second-order valence-corrected chi connectivity index (χ2v) is 1.88. The first-order valence-electron chi connectivity index (χ1n) is 2.76. The monoisotopic (exact) mass is 139 g/mol. The van der Waals surface area contributed by atoms with Crippen molar-refractivity contribution >= 4 is 11.4 Å². The molecule has 10 heavy (non-hydrogen) atoms. The van der Waals surface area contributed by atoms with Crippen LogP contribution in [-0.2, 0) is 0 Å². The van der Waals surface area contributed by atoms with Crippen LogP contribution in [0.25, 0.3) is 0 Å². The van der Waals surface area contributed by atoms with Crippen LogP contribution in [0.4, 0.5) is 11.4 Å². The topological polar surface area (TPSA) is 87.3 Å². The lowest BCUT2D eigenvalue weighted by molar-refractivity contribution is 0.336. The summed E-state index contributed by atoms with van der Waals surface area (Å²) in [7, 11) is 0. The largest absolute Gasteiger partial charge is 0.409 e. The van der Waals surface area contributed by atoms with Crippen LogP contribution in [0.15, 0.2) is 18.2 Å². The van der Waals surface area contributed by atoms with Gasteiger partial charge < -0.3 is 16.3 Å². The smallest absolute Gasteiger partial charge is 0.171 e. The molecule has 0 heterocycles. The van der Waals surface area contributed by atoms with Gasteiger partial charge >= 0.3 is 0 Å². The molecule has 0 radical (unpaired) electrons.